The van der Waals surface area contributed by atoms with Gasteiger partial charge in [-0.15, -0.1) is 0 Å². The van der Waals surface area contributed by atoms with E-state index in [0.717, 1.165) is 0 Å². The maximum absolute atomic E-state index is 12.7. The van der Waals surface area contributed by atoms with E-state index in [2.05, 4.69) is 0 Å². The van der Waals surface area contributed by atoms with Crippen LogP contribution in [0.4, 0.5) is 5.69 Å². The largest absolute Gasteiger partial charge is 0.467 e. The molecule has 1 aliphatic rings. The molecule has 0 bridgehead atoms. The maximum Gasteiger partial charge on any atom is 0.346 e. The summed E-state index contributed by atoms with van der Waals surface area (Å²) in [5, 5.41) is 0. The molecule has 1 aliphatic heterocycles. The molecule has 0 N–H and O–H groups in total. The smallest absolute Gasteiger partial charge is 0.346 e. The molecule has 0 aromatic heterocycles. The zero-order chi connectivity index (χ0) is 18.4. The van der Waals surface area contributed by atoms with Crippen LogP contribution in [0.2, 0.25) is 0 Å². The number of ether oxygens (including phenoxy) is 3. The average molecular weight is 349 g/mol. The van der Waals surface area contributed by atoms with Crippen molar-refractivity contribution in [2.75, 3.05) is 25.2 Å². The molecule has 136 valence electrons. The van der Waals surface area contributed by atoms with Gasteiger partial charge in [-0.1, -0.05) is 32.0 Å². The van der Waals surface area contributed by atoms with Gasteiger partial charge in [0.1, 0.15) is 0 Å². The minimum atomic E-state index is -1.83. The van der Waals surface area contributed by atoms with Gasteiger partial charge in [-0.05, 0) is 25.0 Å². The molecule has 7 heteroatoms. The van der Waals surface area contributed by atoms with Crippen LogP contribution in [0, 0.1) is 0 Å². The summed E-state index contributed by atoms with van der Waals surface area (Å²) in [5.74, 6) is -2.28. The van der Waals surface area contributed by atoms with E-state index in [1.165, 1.54) is 12.0 Å². The third-order valence-electron chi connectivity index (χ3n) is 3.92. The van der Waals surface area contributed by atoms with E-state index in [0.29, 0.717) is 18.5 Å². The molecule has 1 aromatic rings. The van der Waals surface area contributed by atoms with Crippen LogP contribution in [0.1, 0.15) is 26.7 Å². The Kier molecular flexibility index (Phi) is 6.01. The molecule has 0 aliphatic carbocycles. The Hall–Kier alpha value is -2.57. The van der Waals surface area contributed by atoms with Crippen LogP contribution in [0.3, 0.4) is 0 Å². The van der Waals surface area contributed by atoms with Crippen molar-refractivity contribution >= 4 is 23.6 Å². The minimum Gasteiger partial charge on any atom is -0.467 e. The standard InChI is InChI=1S/C18H23NO6/c1-4-11-24-16(21)18(17(22)25-12-5-2)14(15(20)23-3)19(18)13-9-7-6-8-10-13/h6-10,14H,4-5,11-12H2,1-3H3. The number of carbonyl (C=O) groups excluding carboxylic acids is 3. The number of rotatable bonds is 8. The van der Waals surface area contributed by atoms with Gasteiger partial charge in [0.25, 0.3) is 5.54 Å². The molecule has 1 saturated heterocycles. The lowest BCUT2D eigenvalue weighted by Gasteiger charge is -2.16. The molecular formula is C18H23NO6. The molecule has 0 amide bonds. The first-order valence-corrected chi connectivity index (χ1v) is 8.32. The van der Waals surface area contributed by atoms with Gasteiger partial charge < -0.3 is 19.1 Å². The van der Waals surface area contributed by atoms with Crippen molar-refractivity contribution in [3.63, 3.8) is 0 Å². The summed E-state index contributed by atoms with van der Waals surface area (Å²) < 4.78 is 15.2. The second-order valence-corrected chi connectivity index (χ2v) is 5.67. The van der Waals surface area contributed by atoms with Crippen molar-refractivity contribution in [2.24, 2.45) is 0 Å². The molecule has 0 spiro atoms. The maximum atomic E-state index is 12.7. The van der Waals surface area contributed by atoms with E-state index >= 15 is 0 Å². The van der Waals surface area contributed by atoms with Gasteiger partial charge in [0.05, 0.1) is 20.3 Å². The lowest BCUT2D eigenvalue weighted by atomic mass is 10.1. The van der Waals surface area contributed by atoms with E-state index in [-0.39, 0.29) is 13.2 Å². The Bertz CT molecular complexity index is 610. The highest BCUT2D eigenvalue weighted by Crippen LogP contribution is 2.48. The van der Waals surface area contributed by atoms with Gasteiger partial charge in [-0.2, -0.15) is 0 Å². The second-order valence-electron chi connectivity index (χ2n) is 5.67. The zero-order valence-corrected chi connectivity index (χ0v) is 14.7. The van der Waals surface area contributed by atoms with E-state index in [9.17, 15) is 14.4 Å². The van der Waals surface area contributed by atoms with Crippen LogP contribution in [0.15, 0.2) is 30.3 Å². The van der Waals surface area contributed by atoms with Crippen molar-refractivity contribution in [1.82, 2.24) is 0 Å². The second kappa shape index (κ2) is 8.00. The molecule has 25 heavy (non-hydrogen) atoms. The highest BCUT2D eigenvalue weighted by molar-refractivity contribution is 6.21. The summed E-state index contributed by atoms with van der Waals surface area (Å²) >= 11 is 0. The summed E-state index contributed by atoms with van der Waals surface area (Å²) in [4.78, 5) is 39.1. The lowest BCUT2D eigenvalue weighted by molar-refractivity contribution is -0.161. The Balaban J connectivity index is 2.44. The van der Waals surface area contributed by atoms with E-state index in [4.69, 9.17) is 14.2 Å². The first-order valence-electron chi connectivity index (χ1n) is 8.32. The molecule has 1 atom stereocenters. The monoisotopic (exact) mass is 349 g/mol. The minimum absolute atomic E-state index is 0.151. The van der Waals surface area contributed by atoms with Crippen molar-refractivity contribution in [1.29, 1.82) is 0 Å². The number of anilines is 1. The van der Waals surface area contributed by atoms with Crippen molar-refractivity contribution in [2.45, 2.75) is 38.3 Å². The number of carbonyl (C=O) groups is 3. The van der Waals surface area contributed by atoms with E-state index in [1.807, 2.05) is 13.8 Å². The Morgan fingerprint density at radius 3 is 1.96 bits per heavy atom. The van der Waals surface area contributed by atoms with E-state index in [1.54, 1.807) is 30.3 Å². The fraction of sp³-hybridized carbons (Fsp3) is 0.500. The molecule has 2 rings (SSSR count). The predicted molar refractivity (Wildman–Crippen MR) is 90.0 cm³/mol. The highest BCUT2D eigenvalue weighted by Gasteiger charge is 2.79. The van der Waals surface area contributed by atoms with Gasteiger partial charge in [0, 0.05) is 5.69 Å². The summed E-state index contributed by atoms with van der Waals surface area (Å²) in [6.45, 7) is 3.99. The van der Waals surface area contributed by atoms with Crippen LogP contribution in [0.5, 0.6) is 0 Å². The first-order chi connectivity index (χ1) is 12.0. The van der Waals surface area contributed by atoms with Crippen LogP contribution >= 0.6 is 0 Å². The summed E-state index contributed by atoms with van der Waals surface area (Å²) in [6, 6.07) is 7.61. The SMILES string of the molecule is CCCOC(=O)C1(C(=O)OCCC)C(C(=O)OC)N1c1ccccc1. The summed E-state index contributed by atoms with van der Waals surface area (Å²) in [5.41, 5.74) is -1.29. The van der Waals surface area contributed by atoms with Crippen LogP contribution in [-0.4, -0.2) is 49.8 Å². The third kappa shape index (κ3) is 3.31. The topological polar surface area (TPSA) is 81.9 Å². The Morgan fingerprint density at radius 1 is 1.00 bits per heavy atom. The quantitative estimate of drug-likeness (QED) is 0.306. The van der Waals surface area contributed by atoms with Crippen molar-refractivity contribution in [3.8, 4) is 0 Å². The number of hydrogen-bond acceptors (Lipinski definition) is 7. The number of benzene rings is 1. The predicted octanol–water partition coefficient (Wildman–Crippen LogP) is 1.69. The molecular weight excluding hydrogens is 326 g/mol. The van der Waals surface area contributed by atoms with Crippen LogP contribution in [-0.2, 0) is 28.6 Å². The Morgan fingerprint density at radius 2 is 1.52 bits per heavy atom. The number of para-hydroxylation sites is 1. The molecule has 1 fully saturated rings. The lowest BCUT2D eigenvalue weighted by Crippen LogP contribution is -2.43. The highest BCUT2D eigenvalue weighted by atomic mass is 16.6. The van der Waals surface area contributed by atoms with Crippen molar-refractivity contribution in [3.05, 3.63) is 30.3 Å². The molecule has 0 saturated carbocycles. The molecule has 7 nitrogen and oxygen atoms in total. The van der Waals surface area contributed by atoms with Gasteiger partial charge in [0.15, 0.2) is 6.04 Å². The van der Waals surface area contributed by atoms with Gasteiger partial charge >= 0.3 is 17.9 Å². The van der Waals surface area contributed by atoms with Crippen LogP contribution in [0.25, 0.3) is 0 Å². The number of esters is 3. The third-order valence-corrected chi connectivity index (χ3v) is 3.92. The van der Waals surface area contributed by atoms with E-state index < -0.39 is 29.5 Å². The molecule has 1 heterocycles. The molecule has 1 unspecified atom stereocenters. The fourth-order valence-corrected chi connectivity index (χ4v) is 2.73. The zero-order valence-electron chi connectivity index (χ0n) is 14.7. The van der Waals surface area contributed by atoms with Gasteiger partial charge in [-0.25, -0.2) is 14.4 Å². The number of nitrogens with zero attached hydrogens (tertiary/aromatic N) is 1. The summed E-state index contributed by atoms with van der Waals surface area (Å²) in [6.07, 6.45) is 1.19. The van der Waals surface area contributed by atoms with Crippen LogP contribution < -0.4 is 4.90 Å². The number of methoxy groups -OCH3 is 1. The average Bonchev–Trinajstić information content (AvgIpc) is 3.35. The number of hydrogen-bond donors (Lipinski definition) is 0. The Labute approximate surface area is 146 Å². The molecule has 0 radical (unpaired) electrons. The van der Waals surface area contributed by atoms with Gasteiger partial charge in [0.2, 0.25) is 0 Å². The van der Waals surface area contributed by atoms with Crippen molar-refractivity contribution < 1.29 is 28.6 Å². The molecule has 1 aromatic carbocycles. The normalized spacial score (nSPS) is 17.6. The first kappa shape index (κ1) is 18.8. The fourth-order valence-electron chi connectivity index (χ4n) is 2.73. The summed E-state index contributed by atoms with van der Waals surface area (Å²) in [7, 11) is 1.21. The van der Waals surface area contributed by atoms with Gasteiger partial charge in [-0.3, -0.25) is 0 Å².